The molecule has 1 aliphatic rings. The third-order valence-electron chi connectivity index (χ3n) is 3.79. The first kappa shape index (κ1) is 19.7. The summed E-state index contributed by atoms with van der Waals surface area (Å²) in [5, 5.41) is 18.6. The first-order chi connectivity index (χ1) is 12.4. The number of ether oxygens (including phenoxy) is 1. The third-order valence-corrected chi connectivity index (χ3v) is 4.02. The Labute approximate surface area is 158 Å². The number of nitrogens with one attached hydrogen (secondary N) is 3. The summed E-state index contributed by atoms with van der Waals surface area (Å²) < 4.78 is 5.01. The molecule has 5 N–H and O–H groups in total. The average molecular weight is 378 g/mol. The predicted octanol–water partition coefficient (Wildman–Crippen LogP) is 2.19. The summed E-state index contributed by atoms with van der Waals surface area (Å²) in [6, 6.07) is 7.63. The number of piperidine rings is 1. The maximum absolute atomic E-state index is 7.78. The number of aliphatic imine (C=N–C) groups is 2. The number of hydrogen-bond acceptors (Lipinski definition) is 5. The summed E-state index contributed by atoms with van der Waals surface area (Å²) in [6.45, 7) is 3.31. The fraction of sp³-hybridized carbons (Fsp3) is 0.412. The zero-order valence-electron chi connectivity index (χ0n) is 14.7. The summed E-state index contributed by atoms with van der Waals surface area (Å²) in [7, 11) is 0. The zero-order chi connectivity index (χ0) is 18.9. The van der Waals surface area contributed by atoms with E-state index in [9.17, 15) is 0 Å². The number of guanidine groups is 1. The molecule has 0 atom stereocenters. The summed E-state index contributed by atoms with van der Waals surface area (Å²) >= 11 is 5.93. The largest absolute Gasteiger partial charge is 0.412 e. The molecule has 2 rings (SSSR count). The van der Waals surface area contributed by atoms with E-state index in [-0.39, 0.29) is 18.0 Å². The second-order valence-corrected chi connectivity index (χ2v) is 6.38. The molecule has 1 saturated heterocycles. The molecule has 9 heteroatoms. The van der Waals surface area contributed by atoms with Crippen LogP contribution in [0.5, 0.6) is 0 Å². The molecule has 8 nitrogen and oxygen atoms in total. The fourth-order valence-corrected chi connectivity index (χ4v) is 2.75. The fourth-order valence-electron chi connectivity index (χ4n) is 2.54. The highest BCUT2D eigenvalue weighted by Crippen LogP contribution is 2.14. The highest BCUT2D eigenvalue weighted by atomic mass is 35.5. The first-order valence-corrected chi connectivity index (χ1v) is 8.71. The Morgan fingerprint density at radius 2 is 2.15 bits per heavy atom. The van der Waals surface area contributed by atoms with Gasteiger partial charge in [-0.05, 0) is 30.5 Å². The van der Waals surface area contributed by atoms with Crippen LogP contribution in [0.25, 0.3) is 0 Å². The first-order valence-electron chi connectivity index (χ1n) is 8.33. The van der Waals surface area contributed by atoms with Crippen LogP contribution in [0.3, 0.4) is 0 Å². The molecular formula is C17H24ClN7O. The van der Waals surface area contributed by atoms with E-state index in [0.717, 1.165) is 18.4 Å². The zero-order valence-corrected chi connectivity index (χ0v) is 15.5. The van der Waals surface area contributed by atoms with Gasteiger partial charge in [-0.1, -0.05) is 23.7 Å². The molecular weight excluding hydrogens is 354 g/mol. The van der Waals surface area contributed by atoms with Gasteiger partial charge in [0.25, 0.3) is 6.02 Å². The maximum atomic E-state index is 7.78. The van der Waals surface area contributed by atoms with Crippen LogP contribution in [-0.2, 0) is 11.3 Å². The van der Waals surface area contributed by atoms with Crippen molar-refractivity contribution in [2.75, 3.05) is 13.1 Å². The Balaban J connectivity index is 1.73. The molecule has 26 heavy (non-hydrogen) atoms. The molecule has 0 aromatic heterocycles. The van der Waals surface area contributed by atoms with Crippen LogP contribution in [-0.4, -0.2) is 48.2 Å². The van der Waals surface area contributed by atoms with Crippen molar-refractivity contribution < 1.29 is 4.74 Å². The second kappa shape index (κ2) is 9.76. The van der Waals surface area contributed by atoms with Gasteiger partial charge < -0.3 is 20.7 Å². The van der Waals surface area contributed by atoms with Crippen molar-refractivity contribution in [3.63, 3.8) is 0 Å². The van der Waals surface area contributed by atoms with Crippen LogP contribution in [0.2, 0.25) is 5.02 Å². The van der Waals surface area contributed by atoms with Gasteiger partial charge in [-0.15, -0.1) is 0 Å². The third kappa shape index (κ3) is 6.72. The van der Waals surface area contributed by atoms with Gasteiger partial charge in [0.2, 0.25) is 0 Å². The van der Waals surface area contributed by atoms with Crippen molar-refractivity contribution in [3.8, 4) is 0 Å². The Morgan fingerprint density at radius 3 is 2.81 bits per heavy atom. The molecule has 140 valence electrons. The van der Waals surface area contributed by atoms with Crippen LogP contribution >= 0.6 is 11.6 Å². The van der Waals surface area contributed by atoms with E-state index in [4.69, 9.17) is 32.9 Å². The summed E-state index contributed by atoms with van der Waals surface area (Å²) in [5.74, 6) is 0.334. The molecule has 0 unspecified atom stereocenters. The van der Waals surface area contributed by atoms with E-state index in [1.165, 1.54) is 13.3 Å². The molecule has 0 amide bonds. The van der Waals surface area contributed by atoms with Crippen molar-refractivity contribution >= 4 is 35.8 Å². The van der Waals surface area contributed by atoms with Crippen molar-refractivity contribution in [1.29, 1.82) is 10.8 Å². The topological polar surface area (TPSA) is 123 Å². The Kier molecular flexibility index (Phi) is 7.40. The van der Waals surface area contributed by atoms with E-state index in [1.54, 1.807) is 4.90 Å². The molecule has 0 saturated carbocycles. The van der Waals surface area contributed by atoms with Crippen molar-refractivity contribution in [3.05, 3.63) is 34.9 Å². The molecule has 1 aliphatic heterocycles. The smallest absolute Gasteiger partial charge is 0.291 e. The van der Waals surface area contributed by atoms with Crippen molar-refractivity contribution in [1.82, 2.24) is 10.2 Å². The van der Waals surface area contributed by atoms with Gasteiger partial charge >= 0.3 is 0 Å². The van der Waals surface area contributed by atoms with E-state index < -0.39 is 0 Å². The lowest BCUT2D eigenvalue weighted by Crippen LogP contribution is -2.42. The number of rotatable bonds is 4. The normalized spacial score (nSPS) is 15.9. The number of nitrogens with zero attached hydrogens (tertiary/aromatic N) is 3. The minimum atomic E-state index is 0.0131. The Hall–Kier alpha value is -2.61. The van der Waals surface area contributed by atoms with E-state index >= 15 is 0 Å². The summed E-state index contributed by atoms with van der Waals surface area (Å²) in [4.78, 5) is 10.5. The minimum absolute atomic E-state index is 0.0131. The van der Waals surface area contributed by atoms with Crippen LogP contribution < -0.4 is 11.1 Å². The Morgan fingerprint density at radius 1 is 1.42 bits per heavy atom. The lowest BCUT2D eigenvalue weighted by atomic mass is 10.1. The second-order valence-electron chi connectivity index (χ2n) is 5.94. The quantitative estimate of drug-likeness (QED) is 0.474. The van der Waals surface area contributed by atoms with Gasteiger partial charge in [0, 0.05) is 25.0 Å². The number of benzene rings is 1. The molecule has 0 aliphatic carbocycles. The van der Waals surface area contributed by atoms with Crippen LogP contribution in [0, 0.1) is 10.8 Å². The van der Waals surface area contributed by atoms with Gasteiger partial charge in [-0.25, -0.2) is 4.99 Å². The van der Waals surface area contributed by atoms with Crippen molar-refractivity contribution in [2.24, 2.45) is 15.7 Å². The van der Waals surface area contributed by atoms with E-state index in [2.05, 4.69) is 15.3 Å². The highest BCUT2D eigenvalue weighted by molar-refractivity contribution is 6.30. The van der Waals surface area contributed by atoms with Crippen LogP contribution in [0.1, 0.15) is 25.3 Å². The van der Waals surface area contributed by atoms with Gasteiger partial charge in [0.15, 0.2) is 11.9 Å². The van der Waals surface area contributed by atoms with Gasteiger partial charge in [-0.2, -0.15) is 0 Å². The molecule has 0 radical (unpaired) electrons. The number of hydrogen-bond donors (Lipinski definition) is 4. The van der Waals surface area contributed by atoms with Gasteiger partial charge in [-0.3, -0.25) is 15.8 Å². The number of nitrogens with two attached hydrogens (primary N) is 1. The lowest BCUT2D eigenvalue weighted by molar-refractivity contribution is 0.266. The van der Waals surface area contributed by atoms with Gasteiger partial charge in [0.05, 0.1) is 18.9 Å². The van der Waals surface area contributed by atoms with Crippen LogP contribution in [0.4, 0.5) is 0 Å². The Bertz CT molecular complexity index is 696. The average Bonchev–Trinajstić information content (AvgIpc) is 2.59. The number of likely N-dealkylation sites (tertiary alicyclic amines) is 1. The molecule has 0 spiro atoms. The van der Waals surface area contributed by atoms with Crippen molar-refractivity contribution in [2.45, 2.75) is 32.4 Å². The highest BCUT2D eigenvalue weighted by Gasteiger charge is 2.21. The summed E-state index contributed by atoms with van der Waals surface area (Å²) in [5.41, 5.74) is 6.90. The molecule has 1 aromatic rings. The molecule has 0 bridgehead atoms. The lowest BCUT2D eigenvalue weighted by Gasteiger charge is -2.31. The number of halogens is 1. The molecule has 1 aromatic carbocycles. The number of amidine groups is 1. The molecule has 1 fully saturated rings. The SMILES string of the molecule is CC(=N)OC(=N)N1CCC(N=C(N)NC=NCc2cccc(Cl)c2)CC1. The summed E-state index contributed by atoms with van der Waals surface area (Å²) in [6.07, 6.45) is 3.07. The van der Waals surface area contributed by atoms with Gasteiger partial charge in [0.1, 0.15) is 0 Å². The minimum Gasteiger partial charge on any atom is -0.412 e. The van der Waals surface area contributed by atoms with E-state index in [1.807, 2.05) is 24.3 Å². The predicted molar refractivity (Wildman–Crippen MR) is 105 cm³/mol. The standard InChI is InChI=1S/C17H24ClN7O/c1-12(19)26-17(21)25-7-5-15(6-8-25)24-16(20)23-11-22-10-13-3-2-4-14(18)9-13/h2-4,9,11,15,19,21H,5-8,10H2,1H3,(H3,20,22,23,24). The van der Waals surface area contributed by atoms with E-state index in [0.29, 0.717) is 30.6 Å². The molecule has 1 heterocycles. The van der Waals surface area contributed by atoms with Crippen LogP contribution in [0.15, 0.2) is 34.3 Å². The monoisotopic (exact) mass is 377 g/mol. The maximum Gasteiger partial charge on any atom is 0.291 e.